The van der Waals surface area contributed by atoms with E-state index in [2.05, 4.69) is 24.5 Å². The third kappa shape index (κ3) is 3.63. The van der Waals surface area contributed by atoms with Gasteiger partial charge in [0.1, 0.15) is 0 Å². The SMILES string of the molecule is CC1CC1CNC(=O)[C@H]1CCN[C@@H](C)C1.Cl. The van der Waals surface area contributed by atoms with E-state index in [0.717, 1.165) is 37.8 Å². The second kappa shape index (κ2) is 5.87. The number of piperidine rings is 1. The number of carbonyl (C=O) groups is 1. The van der Waals surface area contributed by atoms with Crippen LogP contribution in [0.4, 0.5) is 0 Å². The van der Waals surface area contributed by atoms with Crippen LogP contribution in [0.5, 0.6) is 0 Å². The summed E-state index contributed by atoms with van der Waals surface area (Å²) in [7, 11) is 0. The molecule has 94 valence electrons. The zero-order chi connectivity index (χ0) is 10.8. The first kappa shape index (κ1) is 13.8. The van der Waals surface area contributed by atoms with Gasteiger partial charge in [0.2, 0.25) is 5.91 Å². The van der Waals surface area contributed by atoms with Gasteiger partial charge in [-0.3, -0.25) is 4.79 Å². The normalized spacial score (nSPS) is 37.4. The molecule has 2 rings (SSSR count). The molecule has 0 radical (unpaired) electrons. The highest BCUT2D eigenvalue weighted by Crippen LogP contribution is 2.36. The summed E-state index contributed by atoms with van der Waals surface area (Å²) in [5.41, 5.74) is 0. The summed E-state index contributed by atoms with van der Waals surface area (Å²) in [5.74, 6) is 2.11. The van der Waals surface area contributed by atoms with Crippen LogP contribution in [0, 0.1) is 17.8 Å². The third-order valence-electron chi connectivity index (χ3n) is 3.81. The predicted octanol–water partition coefficient (Wildman–Crippen LogP) is 1.57. The molecular formula is C12H23ClN2O. The van der Waals surface area contributed by atoms with E-state index < -0.39 is 0 Å². The standard InChI is InChI=1S/C12H22N2O.ClH/c1-8-5-11(8)7-14-12(15)10-3-4-13-9(2)6-10;/h8-11,13H,3-7H2,1-2H3,(H,14,15);1H/t8?,9-,10-,11?;/m0./s1. The molecule has 1 saturated heterocycles. The largest absolute Gasteiger partial charge is 0.356 e. The van der Waals surface area contributed by atoms with E-state index in [-0.39, 0.29) is 24.2 Å². The minimum atomic E-state index is 0. The lowest BCUT2D eigenvalue weighted by atomic mass is 9.92. The molecule has 1 aliphatic carbocycles. The maximum Gasteiger partial charge on any atom is 0.223 e. The first-order chi connectivity index (χ1) is 7.16. The first-order valence-electron chi connectivity index (χ1n) is 6.18. The molecule has 3 nitrogen and oxygen atoms in total. The van der Waals surface area contributed by atoms with Crippen molar-refractivity contribution in [2.75, 3.05) is 13.1 Å². The molecule has 0 aromatic carbocycles. The van der Waals surface area contributed by atoms with E-state index >= 15 is 0 Å². The van der Waals surface area contributed by atoms with Gasteiger partial charge in [-0.2, -0.15) is 0 Å². The Labute approximate surface area is 104 Å². The van der Waals surface area contributed by atoms with Gasteiger partial charge < -0.3 is 10.6 Å². The average Bonchev–Trinajstić information content (AvgIpc) is 2.91. The average molecular weight is 247 g/mol. The van der Waals surface area contributed by atoms with E-state index in [9.17, 15) is 4.79 Å². The zero-order valence-corrected chi connectivity index (χ0v) is 11.0. The van der Waals surface area contributed by atoms with Gasteiger partial charge in [-0.25, -0.2) is 0 Å². The maximum atomic E-state index is 11.8. The van der Waals surface area contributed by atoms with Crippen molar-refractivity contribution in [1.29, 1.82) is 0 Å². The Morgan fingerprint density at radius 3 is 2.62 bits per heavy atom. The summed E-state index contributed by atoms with van der Waals surface area (Å²) in [6.07, 6.45) is 3.28. The Hall–Kier alpha value is -0.280. The Bertz CT molecular complexity index is 247. The molecule has 0 aromatic rings. The lowest BCUT2D eigenvalue weighted by molar-refractivity contribution is -0.126. The number of hydrogen-bond acceptors (Lipinski definition) is 2. The van der Waals surface area contributed by atoms with E-state index in [1.54, 1.807) is 0 Å². The lowest BCUT2D eigenvalue weighted by Crippen LogP contribution is -2.42. The molecular weight excluding hydrogens is 224 g/mol. The van der Waals surface area contributed by atoms with E-state index in [0.29, 0.717) is 6.04 Å². The summed E-state index contributed by atoms with van der Waals surface area (Å²) in [4.78, 5) is 11.8. The van der Waals surface area contributed by atoms with Crippen LogP contribution in [-0.2, 0) is 4.79 Å². The monoisotopic (exact) mass is 246 g/mol. The highest BCUT2D eigenvalue weighted by Gasteiger charge is 2.33. The van der Waals surface area contributed by atoms with Gasteiger partial charge in [0.25, 0.3) is 0 Å². The fourth-order valence-corrected chi connectivity index (χ4v) is 2.43. The molecule has 4 atom stereocenters. The van der Waals surface area contributed by atoms with Crippen LogP contribution in [0.2, 0.25) is 0 Å². The van der Waals surface area contributed by atoms with Gasteiger partial charge in [-0.1, -0.05) is 6.92 Å². The molecule has 1 saturated carbocycles. The van der Waals surface area contributed by atoms with Crippen molar-refractivity contribution in [2.24, 2.45) is 17.8 Å². The van der Waals surface area contributed by atoms with Crippen LogP contribution in [0.15, 0.2) is 0 Å². The number of amides is 1. The van der Waals surface area contributed by atoms with Crippen molar-refractivity contribution in [3.8, 4) is 0 Å². The second-order valence-corrected chi connectivity index (χ2v) is 5.29. The van der Waals surface area contributed by atoms with Crippen molar-refractivity contribution < 1.29 is 4.79 Å². The van der Waals surface area contributed by atoms with Crippen molar-refractivity contribution in [3.63, 3.8) is 0 Å². The van der Waals surface area contributed by atoms with Crippen LogP contribution in [0.25, 0.3) is 0 Å². The maximum absolute atomic E-state index is 11.8. The summed E-state index contributed by atoms with van der Waals surface area (Å²) >= 11 is 0. The van der Waals surface area contributed by atoms with Gasteiger partial charge in [0.05, 0.1) is 0 Å². The van der Waals surface area contributed by atoms with E-state index in [1.165, 1.54) is 6.42 Å². The van der Waals surface area contributed by atoms with Crippen LogP contribution < -0.4 is 10.6 Å². The molecule has 0 spiro atoms. The molecule has 2 aliphatic rings. The Kier molecular flexibility index (Phi) is 5.06. The van der Waals surface area contributed by atoms with Gasteiger partial charge >= 0.3 is 0 Å². The first-order valence-corrected chi connectivity index (χ1v) is 6.18. The number of rotatable bonds is 3. The number of carbonyl (C=O) groups excluding carboxylic acids is 1. The van der Waals surface area contributed by atoms with Crippen LogP contribution >= 0.6 is 12.4 Å². The fraction of sp³-hybridized carbons (Fsp3) is 0.917. The summed E-state index contributed by atoms with van der Waals surface area (Å²) in [6, 6.07) is 0.495. The van der Waals surface area contributed by atoms with Gasteiger partial charge in [0.15, 0.2) is 0 Å². The molecule has 2 N–H and O–H groups in total. The smallest absolute Gasteiger partial charge is 0.223 e. The van der Waals surface area contributed by atoms with Crippen molar-refractivity contribution in [2.45, 2.75) is 39.2 Å². The summed E-state index contributed by atoms with van der Waals surface area (Å²) < 4.78 is 0. The predicted molar refractivity (Wildman–Crippen MR) is 67.7 cm³/mol. The summed E-state index contributed by atoms with van der Waals surface area (Å²) in [6.45, 7) is 6.29. The number of hydrogen-bond donors (Lipinski definition) is 2. The number of halogens is 1. The molecule has 0 aromatic heterocycles. The minimum absolute atomic E-state index is 0. The third-order valence-corrected chi connectivity index (χ3v) is 3.81. The van der Waals surface area contributed by atoms with Crippen LogP contribution in [-0.4, -0.2) is 25.0 Å². The van der Waals surface area contributed by atoms with Crippen molar-refractivity contribution >= 4 is 18.3 Å². The second-order valence-electron chi connectivity index (χ2n) is 5.29. The van der Waals surface area contributed by atoms with Gasteiger partial charge in [0, 0.05) is 18.5 Å². The molecule has 4 heteroatoms. The number of nitrogens with one attached hydrogen (secondary N) is 2. The zero-order valence-electron chi connectivity index (χ0n) is 10.2. The molecule has 2 unspecified atom stereocenters. The van der Waals surface area contributed by atoms with Gasteiger partial charge in [-0.05, 0) is 44.6 Å². The topological polar surface area (TPSA) is 41.1 Å². The molecule has 1 aliphatic heterocycles. The lowest BCUT2D eigenvalue weighted by Gasteiger charge is -2.27. The van der Waals surface area contributed by atoms with E-state index in [1.807, 2.05) is 0 Å². The van der Waals surface area contributed by atoms with Crippen LogP contribution in [0.3, 0.4) is 0 Å². The fourth-order valence-electron chi connectivity index (χ4n) is 2.43. The Morgan fingerprint density at radius 1 is 1.38 bits per heavy atom. The highest BCUT2D eigenvalue weighted by molar-refractivity contribution is 5.85. The highest BCUT2D eigenvalue weighted by atomic mass is 35.5. The van der Waals surface area contributed by atoms with Crippen molar-refractivity contribution in [3.05, 3.63) is 0 Å². The summed E-state index contributed by atoms with van der Waals surface area (Å²) in [5, 5.41) is 6.47. The van der Waals surface area contributed by atoms with E-state index in [4.69, 9.17) is 0 Å². The molecule has 1 amide bonds. The molecule has 1 heterocycles. The minimum Gasteiger partial charge on any atom is -0.356 e. The molecule has 16 heavy (non-hydrogen) atoms. The molecule has 2 fully saturated rings. The quantitative estimate of drug-likeness (QED) is 0.794. The van der Waals surface area contributed by atoms with Crippen LogP contribution in [0.1, 0.15) is 33.1 Å². The Balaban J connectivity index is 0.00000128. The van der Waals surface area contributed by atoms with Gasteiger partial charge in [-0.15, -0.1) is 12.4 Å². The van der Waals surface area contributed by atoms with Crippen molar-refractivity contribution in [1.82, 2.24) is 10.6 Å². The Morgan fingerprint density at radius 2 is 2.06 bits per heavy atom. The molecule has 0 bridgehead atoms.